The maximum Gasteiger partial charge on any atom is 0.184 e. The van der Waals surface area contributed by atoms with Gasteiger partial charge in [-0.3, -0.25) is 9.78 Å². The molecule has 3 heterocycles. The molecule has 19 heavy (non-hydrogen) atoms. The fourth-order valence-corrected chi connectivity index (χ4v) is 4.38. The molecule has 2 atom stereocenters. The average Bonchev–Trinajstić information content (AvgIpc) is 2.86. The van der Waals surface area contributed by atoms with Crippen molar-refractivity contribution in [2.75, 3.05) is 18.1 Å². The average molecular weight is 277 g/mol. The molecule has 0 amide bonds. The highest BCUT2D eigenvalue weighted by Crippen LogP contribution is 2.41. The summed E-state index contributed by atoms with van der Waals surface area (Å²) in [4.78, 5) is 16.9. The van der Waals surface area contributed by atoms with Gasteiger partial charge in [-0.25, -0.2) is 0 Å². The molecule has 0 bridgehead atoms. The van der Waals surface area contributed by atoms with Crippen LogP contribution in [0.25, 0.3) is 0 Å². The molecule has 2 saturated heterocycles. The second kappa shape index (κ2) is 5.25. The van der Waals surface area contributed by atoms with E-state index in [1.54, 1.807) is 0 Å². The molecule has 1 aromatic rings. The van der Waals surface area contributed by atoms with Crippen molar-refractivity contribution >= 4 is 17.5 Å². The van der Waals surface area contributed by atoms with Crippen molar-refractivity contribution in [3.05, 3.63) is 29.6 Å². The van der Waals surface area contributed by atoms with Crippen molar-refractivity contribution in [2.45, 2.75) is 31.8 Å². The maximum absolute atomic E-state index is 12.6. The molecule has 102 valence electrons. The lowest BCUT2D eigenvalue weighted by Gasteiger charge is -2.37. The zero-order chi connectivity index (χ0) is 13.3. The predicted molar refractivity (Wildman–Crippen MR) is 76.7 cm³/mol. The van der Waals surface area contributed by atoms with Gasteiger partial charge >= 0.3 is 0 Å². The van der Waals surface area contributed by atoms with Crippen LogP contribution in [0.4, 0.5) is 0 Å². The van der Waals surface area contributed by atoms with E-state index in [4.69, 9.17) is 4.74 Å². The first-order valence-electron chi connectivity index (χ1n) is 6.88. The predicted octanol–water partition coefficient (Wildman–Crippen LogP) is 2.88. The largest absolute Gasteiger partial charge is 0.374 e. The first-order valence-corrected chi connectivity index (χ1v) is 8.04. The molecule has 3 nitrogen and oxygen atoms in total. The fraction of sp³-hybridized carbons (Fsp3) is 0.600. The first kappa shape index (κ1) is 13.1. The van der Waals surface area contributed by atoms with E-state index in [1.807, 2.05) is 36.9 Å². The standard InChI is InChI=1S/C15H19NO2S/c1-11-3-2-4-13(16-11)14(17)12-5-7-18-15(9-12)6-8-19-10-15/h2-4,12H,5-10H2,1H3. The molecule has 2 aliphatic rings. The van der Waals surface area contributed by atoms with Crippen molar-refractivity contribution in [2.24, 2.45) is 5.92 Å². The lowest BCUT2D eigenvalue weighted by Crippen LogP contribution is -2.42. The third-order valence-electron chi connectivity index (χ3n) is 4.07. The number of nitrogens with zero attached hydrogens (tertiary/aromatic N) is 1. The zero-order valence-corrected chi connectivity index (χ0v) is 12.0. The van der Waals surface area contributed by atoms with E-state index in [0.29, 0.717) is 12.3 Å². The summed E-state index contributed by atoms with van der Waals surface area (Å²) >= 11 is 1.94. The van der Waals surface area contributed by atoms with Gasteiger partial charge in [-0.15, -0.1) is 0 Å². The summed E-state index contributed by atoms with van der Waals surface area (Å²) in [5.41, 5.74) is 1.49. The second-order valence-electron chi connectivity index (χ2n) is 5.55. The van der Waals surface area contributed by atoms with Crippen molar-refractivity contribution in [3.63, 3.8) is 0 Å². The molecule has 0 N–H and O–H groups in total. The first-order chi connectivity index (χ1) is 9.19. The van der Waals surface area contributed by atoms with Crippen LogP contribution in [-0.4, -0.2) is 34.5 Å². The van der Waals surface area contributed by atoms with Crippen molar-refractivity contribution in [3.8, 4) is 0 Å². The number of carbonyl (C=O) groups excluding carboxylic acids is 1. The van der Waals surface area contributed by atoms with E-state index in [0.717, 1.165) is 36.5 Å². The molecule has 1 spiro atoms. The summed E-state index contributed by atoms with van der Waals surface area (Å²) in [7, 11) is 0. The van der Waals surface area contributed by atoms with Crippen LogP contribution >= 0.6 is 11.8 Å². The number of ketones is 1. The highest BCUT2D eigenvalue weighted by molar-refractivity contribution is 7.99. The Balaban J connectivity index is 1.76. The SMILES string of the molecule is Cc1cccc(C(=O)C2CCOC3(CCSC3)C2)n1. The van der Waals surface area contributed by atoms with Crippen LogP contribution in [0.15, 0.2) is 18.2 Å². The molecule has 0 aromatic carbocycles. The molecule has 2 aliphatic heterocycles. The number of ether oxygens (including phenoxy) is 1. The number of aryl methyl sites for hydroxylation is 1. The summed E-state index contributed by atoms with van der Waals surface area (Å²) in [6, 6.07) is 5.67. The minimum atomic E-state index is -0.0347. The third-order valence-corrected chi connectivity index (χ3v) is 5.29. The number of hydrogen-bond donors (Lipinski definition) is 0. The summed E-state index contributed by atoms with van der Waals surface area (Å²) in [6.07, 6.45) is 2.79. The molecule has 2 unspecified atom stereocenters. The number of rotatable bonds is 2. The summed E-state index contributed by atoms with van der Waals surface area (Å²) in [6.45, 7) is 2.64. The Labute approximate surface area is 118 Å². The van der Waals surface area contributed by atoms with Gasteiger partial charge in [0.25, 0.3) is 0 Å². The van der Waals surface area contributed by atoms with Crippen LogP contribution in [0.3, 0.4) is 0 Å². The monoisotopic (exact) mass is 277 g/mol. The molecule has 0 radical (unpaired) electrons. The Hall–Kier alpha value is -0.870. The minimum Gasteiger partial charge on any atom is -0.374 e. The molecular weight excluding hydrogens is 258 g/mol. The number of carbonyl (C=O) groups is 1. The second-order valence-corrected chi connectivity index (χ2v) is 6.66. The molecule has 3 rings (SSSR count). The summed E-state index contributed by atoms with van der Waals surface area (Å²) < 4.78 is 5.97. The van der Waals surface area contributed by atoms with E-state index in [9.17, 15) is 4.79 Å². The topological polar surface area (TPSA) is 39.2 Å². The lowest BCUT2D eigenvalue weighted by atomic mass is 9.82. The molecule has 1 aromatic heterocycles. The van der Waals surface area contributed by atoms with Gasteiger partial charge in [0.15, 0.2) is 5.78 Å². The van der Waals surface area contributed by atoms with Crippen molar-refractivity contribution in [1.82, 2.24) is 4.98 Å². The number of Topliss-reactive ketones (excluding diaryl/α,β-unsaturated/α-hetero) is 1. The number of aromatic nitrogens is 1. The quantitative estimate of drug-likeness (QED) is 0.779. The van der Waals surface area contributed by atoms with Crippen molar-refractivity contribution in [1.29, 1.82) is 0 Å². The molecular formula is C15H19NO2S. The fourth-order valence-electron chi connectivity index (χ4n) is 3.00. The Morgan fingerprint density at radius 1 is 1.53 bits per heavy atom. The zero-order valence-electron chi connectivity index (χ0n) is 11.2. The Morgan fingerprint density at radius 2 is 2.42 bits per heavy atom. The van der Waals surface area contributed by atoms with Gasteiger partial charge in [-0.05, 0) is 44.1 Å². The summed E-state index contributed by atoms with van der Waals surface area (Å²) in [5, 5.41) is 0. The third kappa shape index (κ3) is 2.70. The van der Waals surface area contributed by atoms with Crippen LogP contribution < -0.4 is 0 Å². The lowest BCUT2D eigenvalue weighted by molar-refractivity contribution is -0.0735. The Morgan fingerprint density at radius 3 is 3.16 bits per heavy atom. The van der Waals surface area contributed by atoms with E-state index in [2.05, 4.69) is 4.98 Å². The Bertz CT molecular complexity index is 483. The van der Waals surface area contributed by atoms with Gasteiger partial charge < -0.3 is 4.74 Å². The molecule has 0 aliphatic carbocycles. The van der Waals surface area contributed by atoms with Gasteiger partial charge in [-0.1, -0.05) is 6.07 Å². The number of thioether (sulfide) groups is 1. The van der Waals surface area contributed by atoms with Crippen LogP contribution in [0.1, 0.15) is 35.4 Å². The van der Waals surface area contributed by atoms with E-state index >= 15 is 0 Å². The highest BCUT2D eigenvalue weighted by Gasteiger charge is 2.42. The smallest absolute Gasteiger partial charge is 0.184 e. The molecule has 2 fully saturated rings. The van der Waals surface area contributed by atoms with Gasteiger partial charge in [0, 0.05) is 24.0 Å². The van der Waals surface area contributed by atoms with Crippen LogP contribution in [0.2, 0.25) is 0 Å². The van der Waals surface area contributed by atoms with E-state index < -0.39 is 0 Å². The number of hydrogen-bond acceptors (Lipinski definition) is 4. The number of pyridine rings is 1. The van der Waals surface area contributed by atoms with Crippen LogP contribution in [0.5, 0.6) is 0 Å². The van der Waals surface area contributed by atoms with E-state index in [-0.39, 0.29) is 17.3 Å². The highest BCUT2D eigenvalue weighted by atomic mass is 32.2. The Kier molecular flexibility index (Phi) is 3.63. The van der Waals surface area contributed by atoms with Gasteiger partial charge in [0.2, 0.25) is 0 Å². The van der Waals surface area contributed by atoms with Crippen LogP contribution in [-0.2, 0) is 4.74 Å². The van der Waals surface area contributed by atoms with Gasteiger partial charge in [0.05, 0.1) is 5.60 Å². The van der Waals surface area contributed by atoms with Gasteiger partial charge in [0.1, 0.15) is 5.69 Å². The van der Waals surface area contributed by atoms with Gasteiger partial charge in [-0.2, -0.15) is 11.8 Å². The minimum absolute atomic E-state index is 0.0347. The van der Waals surface area contributed by atoms with Crippen molar-refractivity contribution < 1.29 is 9.53 Å². The molecule has 0 saturated carbocycles. The summed E-state index contributed by atoms with van der Waals surface area (Å²) in [5.74, 6) is 2.48. The van der Waals surface area contributed by atoms with Crippen LogP contribution in [0, 0.1) is 12.8 Å². The maximum atomic E-state index is 12.6. The molecule has 4 heteroatoms. The van der Waals surface area contributed by atoms with E-state index in [1.165, 1.54) is 0 Å². The normalized spacial score (nSPS) is 30.7.